The zero-order valence-corrected chi connectivity index (χ0v) is 25.9. The second kappa shape index (κ2) is 15.2. The fraction of sp³-hybridized carbons (Fsp3) is 0.200. The Morgan fingerprint density at radius 3 is 2.28 bits per heavy atom. The first-order valence-electron chi connectivity index (χ1n) is 14.8. The molecular formula is C35H34N4O6S. The molecule has 0 fully saturated rings. The maximum atomic E-state index is 13.0. The van der Waals surface area contributed by atoms with E-state index in [2.05, 4.69) is 34.7 Å². The molecule has 2 unspecified atom stereocenters. The number of nitrogens with zero attached hydrogens (tertiary/aromatic N) is 1. The van der Waals surface area contributed by atoms with Crippen LogP contribution in [0.2, 0.25) is 0 Å². The maximum Gasteiger partial charge on any atom is 0.328 e. The summed E-state index contributed by atoms with van der Waals surface area (Å²) in [6.45, 7) is 1.54. The average molecular weight is 639 g/mol. The standard InChI is InChI=1S/C35H34N4O6S/c1-2-22(23-7-4-3-5-8-23)19-37-33(42)26-12-10-25(11-13-26)32-31(39-34(46-32)28-9-6-18-36-28)24-14-16-27(17-15-24)45-21-30(41)38-29(20-40)35(43)44/h3-18,22,29,36,40H,2,19-21H2,1H3,(H,37,42)(H,38,41)(H,43,44). The molecule has 0 radical (unpaired) electrons. The van der Waals surface area contributed by atoms with E-state index in [1.54, 1.807) is 12.1 Å². The highest BCUT2D eigenvalue weighted by Gasteiger charge is 2.20. The van der Waals surface area contributed by atoms with E-state index >= 15 is 0 Å². The van der Waals surface area contributed by atoms with Gasteiger partial charge < -0.3 is 30.6 Å². The molecule has 10 nitrogen and oxygen atoms in total. The van der Waals surface area contributed by atoms with Crippen LogP contribution in [0.5, 0.6) is 5.75 Å². The van der Waals surface area contributed by atoms with Crippen molar-refractivity contribution in [2.24, 2.45) is 0 Å². The van der Waals surface area contributed by atoms with E-state index in [1.165, 1.54) is 16.9 Å². The van der Waals surface area contributed by atoms with Crippen molar-refractivity contribution in [3.8, 4) is 38.1 Å². The van der Waals surface area contributed by atoms with E-state index in [9.17, 15) is 14.4 Å². The first kappa shape index (κ1) is 32.1. The fourth-order valence-electron chi connectivity index (χ4n) is 4.88. The topological polar surface area (TPSA) is 154 Å². The number of carboxylic acids is 1. The minimum Gasteiger partial charge on any atom is -0.484 e. The summed E-state index contributed by atoms with van der Waals surface area (Å²) in [5.41, 5.74) is 5.13. The molecule has 0 aliphatic heterocycles. The van der Waals surface area contributed by atoms with Gasteiger partial charge in [0.25, 0.3) is 11.8 Å². The number of aliphatic carboxylic acids is 1. The number of carboxylic acid groups (broad SMARTS) is 1. The monoisotopic (exact) mass is 638 g/mol. The number of ether oxygens (including phenoxy) is 1. The summed E-state index contributed by atoms with van der Waals surface area (Å²) in [5, 5.41) is 24.2. The van der Waals surface area contributed by atoms with E-state index in [4.69, 9.17) is 19.9 Å². The Hall–Kier alpha value is -5.26. The second-order valence-corrected chi connectivity index (χ2v) is 11.5. The Kier molecular flexibility index (Phi) is 10.6. The Morgan fingerprint density at radius 2 is 1.65 bits per heavy atom. The van der Waals surface area contributed by atoms with Gasteiger partial charge in [-0.2, -0.15) is 0 Å². The molecule has 0 saturated carbocycles. The molecule has 0 aliphatic carbocycles. The Balaban J connectivity index is 1.31. The molecule has 3 aromatic carbocycles. The van der Waals surface area contributed by atoms with Crippen LogP contribution in [0.4, 0.5) is 0 Å². The molecule has 11 heteroatoms. The van der Waals surface area contributed by atoms with Crippen LogP contribution in [0.3, 0.4) is 0 Å². The summed E-state index contributed by atoms with van der Waals surface area (Å²) in [4.78, 5) is 45.2. The molecule has 0 bridgehead atoms. The Labute approximate surface area is 270 Å². The summed E-state index contributed by atoms with van der Waals surface area (Å²) in [6, 6.07) is 27.2. The molecule has 2 heterocycles. The zero-order valence-electron chi connectivity index (χ0n) is 25.1. The Morgan fingerprint density at radius 1 is 0.935 bits per heavy atom. The van der Waals surface area contributed by atoms with Gasteiger partial charge in [0.1, 0.15) is 16.8 Å². The third-order valence-corrected chi connectivity index (χ3v) is 8.59. The molecule has 0 aliphatic rings. The Bertz CT molecular complexity index is 1750. The molecule has 46 heavy (non-hydrogen) atoms. The number of thiazole rings is 1. The van der Waals surface area contributed by atoms with Crippen molar-refractivity contribution in [1.82, 2.24) is 20.6 Å². The molecule has 2 atom stereocenters. The van der Waals surface area contributed by atoms with Gasteiger partial charge in [0.2, 0.25) is 0 Å². The largest absolute Gasteiger partial charge is 0.484 e. The van der Waals surface area contributed by atoms with Crippen molar-refractivity contribution in [3.63, 3.8) is 0 Å². The number of hydrogen-bond donors (Lipinski definition) is 5. The van der Waals surface area contributed by atoms with E-state index in [-0.39, 0.29) is 11.8 Å². The van der Waals surface area contributed by atoms with Crippen molar-refractivity contribution in [1.29, 1.82) is 0 Å². The smallest absolute Gasteiger partial charge is 0.328 e. The van der Waals surface area contributed by atoms with Gasteiger partial charge in [-0.1, -0.05) is 49.4 Å². The van der Waals surface area contributed by atoms with Crippen LogP contribution in [0.25, 0.3) is 32.4 Å². The third kappa shape index (κ3) is 7.87. The molecule has 0 saturated heterocycles. The quantitative estimate of drug-likeness (QED) is 0.110. The van der Waals surface area contributed by atoms with Crippen LogP contribution in [0.15, 0.2) is 97.2 Å². The molecule has 2 amide bonds. The van der Waals surface area contributed by atoms with Gasteiger partial charge in [-0.25, -0.2) is 9.78 Å². The highest BCUT2D eigenvalue weighted by atomic mass is 32.1. The molecule has 5 aromatic rings. The number of aliphatic hydroxyl groups excluding tert-OH is 1. The van der Waals surface area contributed by atoms with Gasteiger partial charge in [-0.05, 0) is 66.1 Å². The molecule has 5 N–H and O–H groups in total. The fourth-order valence-corrected chi connectivity index (χ4v) is 5.96. The van der Waals surface area contributed by atoms with Crippen LogP contribution in [0.1, 0.15) is 35.2 Å². The lowest BCUT2D eigenvalue weighted by atomic mass is 9.96. The molecular weight excluding hydrogens is 604 g/mol. The van der Waals surface area contributed by atoms with E-state index in [1.807, 2.05) is 72.9 Å². The minimum atomic E-state index is -1.40. The van der Waals surface area contributed by atoms with Crippen molar-refractivity contribution < 1.29 is 29.3 Å². The van der Waals surface area contributed by atoms with Gasteiger partial charge in [0, 0.05) is 29.8 Å². The van der Waals surface area contributed by atoms with Crippen LogP contribution >= 0.6 is 11.3 Å². The van der Waals surface area contributed by atoms with Gasteiger partial charge in [-0.15, -0.1) is 11.3 Å². The van der Waals surface area contributed by atoms with E-state index in [0.29, 0.717) is 17.9 Å². The summed E-state index contributed by atoms with van der Waals surface area (Å²) >= 11 is 1.53. The van der Waals surface area contributed by atoms with Crippen molar-refractivity contribution in [2.75, 3.05) is 19.8 Å². The zero-order chi connectivity index (χ0) is 32.5. The number of H-pyrrole nitrogens is 1. The number of aromatic nitrogens is 2. The molecule has 236 valence electrons. The predicted molar refractivity (Wildman–Crippen MR) is 177 cm³/mol. The average Bonchev–Trinajstić information content (AvgIpc) is 3.78. The molecule has 2 aromatic heterocycles. The predicted octanol–water partition coefficient (Wildman–Crippen LogP) is 5.34. The van der Waals surface area contributed by atoms with E-state index in [0.717, 1.165) is 38.8 Å². The molecule has 0 spiro atoms. The highest BCUT2D eigenvalue weighted by molar-refractivity contribution is 7.18. The number of carbonyl (C=O) groups excluding carboxylic acids is 2. The highest BCUT2D eigenvalue weighted by Crippen LogP contribution is 2.40. The van der Waals surface area contributed by atoms with Crippen molar-refractivity contribution >= 4 is 29.1 Å². The number of amides is 2. The summed E-state index contributed by atoms with van der Waals surface area (Å²) in [5.74, 6) is -1.48. The second-order valence-electron chi connectivity index (χ2n) is 10.5. The number of aromatic amines is 1. The molecule has 5 rings (SSSR count). The summed E-state index contributed by atoms with van der Waals surface area (Å²) in [7, 11) is 0. The lowest BCUT2D eigenvalue weighted by molar-refractivity contribution is -0.143. The number of nitrogens with one attached hydrogen (secondary N) is 3. The van der Waals surface area contributed by atoms with Crippen LogP contribution < -0.4 is 15.4 Å². The van der Waals surface area contributed by atoms with Crippen LogP contribution in [-0.2, 0) is 9.59 Å². The van der Waals surface area contributed by atoms with Crippen LogP contribution in [0, 0.1) is 0 Å². The van der Waals surface area contributed by atoms with Gasteiger partial charge >= 0.3 is 5.97 Å². The van der Waals surface area contributed by atoms with Gasteiger partial charge in [0.15, 0.2) is 6.61 Å². The third-order valence-electron chi connectivity index (χ3n) is 7.45. The van der Waals surface area contributed by atoms with Crippen LogP contribution in [-0.4, -0.2) is 63.8 Å². The van der Waals surface area contributed by atoms with Crippen molar-refractivity contribution in [3.05, 3.63) is 108 Å². The van der Waals surface area contributed by atoms with Crippen molar-refractivity contribution in [2.45, 2.75) is 25.3 Å². The van der Waals surface area contributed by atoms with Gasteiger partial charge in [0.05, 0.1) is 22.9 Å². The lowest BCUT2D eigenvalue weighted by Crippen LogP contribution is -2.45. The van der Waals surface area contributed by atoms with E-state index < -0.39 is 31.1 Å². The number of hydrogen-bond acceptors (Lipinski definition) is 7. The normalized spacial score (nSPS) is 12.2. The lowest BCUT2D eigenvalue weighted by Gasteiger charge is -2.16. The summed E-state index contributed by atoms with van der Waals surface area (Å²) < 4.78 is 5.52. The number of rotatable bonds is 14. The number of benzene rings is 3. The number of aliphatic hydroxyl groups is 1. The van der Waals surface area contributed by atoms with Gasteiger partial charge in [-0.3, -0.25) is 9.59 Å². The number of carbonyl (C=O) groups is 3. The summed E-state index contributed by atoms with van der Waals surface area (Å²) in [6.07, 6.45) is 2.76. The first-order valence-corrected chi connectivity index (χ1v) is 15.6. The SMILES string of the molecule is CCC(CNC(=O)c1ccc(-c2sc(-c3ccc[nH]3)nc2-c2ccc(OCC(=O)NC(CO)C(=O)O)cc2)cc1)c1ccccc1. The minimum absolute atomic E-state index is 0.128. The first-order chi connectivity index (χ1) is 22.4. The maximum absolute atomic E-state index is 13.0.